The van der Waals surface area contributed by atoms with Crippen LogP contribution in [0.2, 0.25) is 0 Å². The molecule has 1 atom stereocenters. The molecule has 0 aromatic heterocycles. The summed E-state index contributed by atoms with van der Waals surface area (Å²) in [5.74, 6) is 0. The highest BCUT2D eigenvalue weighted by Crippen LogP contribution is 2.26. The van der Waals surface area contributed by atoms with Gasteiger partial charge in [0.25, 0.3) is 5.69 Å². The molecule has 0 heterocycles. The fourth-order valence-electron chi connectivity index (χ4n) is 1.59. The molecule has 0 amide bonds. The van der Waals surface area contributed by atoms with Crippen molar-refractivity contribution >= 4 is 22.2 Å². The number of nitrogens with two attached hydrogens (primary N) is 1. The van der Waals surface area contributed by atoms with Gasteiger partial charge in [0.1, 0.15) is 5.69 Å². The van der Waals surface area contributed by atoms with Gasteiger partial charge in [-0.3, -0.25) is 10.1 Å². The van der Waals surface area contributed by atoms with Crippen LogP contribution in [-0.2, 0) is 10.8 Å². The second-order valence-electron chi connectivity index (χ2n) is 4.06. The average Bonchev–Trinajstić information content (AvgIpc) is 2.39. The summed E-state index contributed by atoms with van der Waals surface area (Å²) >= 11 is 0. The fraction of sp³-hybridized carbons (Fsp3) is 0.0769. The Bertz CT molecular complexity index is 653. The second kappa shape index (κ2) is 5.19. The molecule has 0 bridgehead atoms. The van der Waals surface area contributed by atoms with E-state index in [1.807, 2.05) is 19.1 Å². The van der Waals surface area contributed by atoms with E-state index in [0.717, 1.165) is 5.56 Å². The lowest BCUT2D eigenvalue weighted by Crippen LogP contribution is -1.99. The van der Waals surface area contributed by atoms with Crippen LogP contribution in [0.1, 0.15) is 5.56 Å². The van der Waals surface area contributed by atoms with Crippen molar-refractivity contribution in [3.63, 3.8) is 0 Å². The third-order valence-corrected chi connectivity index (χ3v) is 4.03. The first kappa shape index (κ1) is 13.2. The average molecular weight is 276 g/mol. The summed E-state index contributed by atoms with van der Waals surface area (Å²) in [7, 11) is -1.45. The zero-order chi connectivity index (χ0) is 14.0. The van der Waals surface area contributed by atoms with E-state index in [9.17, 15) is 14.3 Å². The number of benzene rings is 2. The van der Waals surface area contributed by atoms with Gasteiger partial charge < -0.3 is 5.73 Å². The van der Waals surface area contributed by atoms with Crippen LogP contribution in [0, 0.1) is 17.0 Å². The summed E-state index contributed by atoms with van der Waals surface area (Å²) < 4.78 is 12.3. The van der Waals surface area contributed by atoms with Gasteiger partial charge in [0, 0.05) is 11.0 Å². The highest BCUT2D eigenvalue weighted by Gasteiger charge is 2.15. The summed E-state index contributed by atoms with van der Waals surface area (Å²) in [5, 5.41) is 10.8. The number of nitrogen functional groups attached to an aromatic ring is 1. The number of anilines is 1. The third-order valence-electron chi connectivity index (χ3n) is 2.65. The van der Waals surface area contributed by atoms with Crippen molar-refractivity contribution in [1.82, 2.24) is 0 Å². The molecule has 19 heavy (non-hydrogen) atoms. The molecule has 2 aromatic carbocycles. The first-order chi connectivity index (χ1) is 8.99. The van der Waals surface area contributed by atoms with Crippen LogP contribution >= 0.6 is 0 Å². The Balaban J connectivity index is 2.42. The summed E-state index contributed by atoms with van der Waals surface area (Å²) in [6.45, 7) is 1.93. The maximum absolute atomic E-state index is 12.3. The van der Waals surface area contributed by atoms with Crippen LogP contribution in [0.4, 0.5) is 11.4 Å². The lowest BCUT2D eigenvalue weighted by Gasteiger charge is -2.04. The quantitative estimate of drug-likeness (QED) is 0.530. The van der Waals surface area contributed by atoms with E-state index in [4.69, 9.17) is 5.73 Å². The molecular weight excluding hydrogens is 264 g/mol. The van der Waals surface area contributed by atoms with Crippen molar-refractivity contribution in [3.05, 3.63) is 58.1 Å². The molecule has 0 aliphatic heterocycles. The molecule has 6 heteroatoms. The molecule has 5 nitrogen and oxygen atoms in total. The molecule has 0 saturated carbocycles. The van der Waals surface area contributed by atoms with E-state index >= 15 is 0 Å². The minimum atomic E-state index is -1.45. The standard InChI is InChI=1S/C13H12N2O3S/c1-9-2-4-10(5-3-9)19(18)11-6-7-12(14)13(8-11)15(16)17/h2-8H,14H2,1H3. The first-order valence-electron chi connectivity index (χ1n) is 5.51. The second-order valence-corrected chi connectivity index (χ2v) is 5.54. The van der Waals surface area contributed by atoms with Gasteiger partial charge in [-0.05, 0) is 31.2 Å². The van der Waals surface area contributed by atoms with E-state index in [1.165, 1.54) is 18.2 Å². The van der Waals surface area contributed by atoms with E-state index in [-0.39, 0.29) is 11.4 Å². The zero-order valence-electron chi connectivity index (χ0n) is 10.2. The number of nitrogens with zero attached hydrogens (tertiary/aromatic N) is 1. The smallest absolute Gasteiger partial charge is 0.293 e. The Labute approximate surface area is 112 Å². The van der Waals surface area contributed by atoms with Gasteiger partial charge in [0.2, 0.25) is 0 Å². The van der Waals surface area contributed by atoms with Crippen molar-refractivity contribution in [1.29, 1.82) is 0 Å². The molecule has 2 N–H and O–H groups in total. The van der Waals surface area contributed by atoms with Crippen molar-refractivity contribution in [2.75, 3.05) is 5.73 Å². The lowest BCUT2D eigenvalue weighted by molar-refractivity contribution is -0.384. The minimum Gasteiger partial charge on any atom is -0.393 e. The number of nitro benzene ring substituents is 1. The molecule has 0 spiro atoms. The molecule has 0 aliphatic rings. The Morgan fingerprint density at radius 2 is 1.68 bits per heavy atom. The SMILES string of the molecule is Cc1ccc(S(=O)c2ccc(N)c([N+](=O)[O-])c2)cc1. The number of aryl methyl sites for hydroxylation is 1. The van der Waals surface area contributed by atoms with Crippen molar-refractivity contribution < 1.29 is 9.13 Å². The van der Waals surface area contributed by atoms with Crippen LogP contribution in [0.5, 0.6) is 0 Å². The predicted octanol–water partition coefficient (Wildman–Crippen LogP) is 2.65. The van der Waals surface area contributed by atoms with Gasteiger partial charge in [-0.25, -0.2) is 4.21 Å². The molecule has 1 unspecified atom stereocenters. The van der Waals surface area contributed by atoms with Gasteiger partial charge in [-0.15, -0.1) is 0 Å². The van der Waals surface area contributed by atoms with E-state index in [2.05, 4.69) is 0 Å². The predicted molar refractivity (Wildman–Crippen MR) is 73.4 cm³/mol. The van der Waals surface area contributed by atoms with Crippen LogP contribution in [0.25, 0.3) is 0 Å². The molecule has 0 radical (unpaired) electrons. The van der Waals surface area contributed by atoms with Crippen LogP contribution < -0.4 is 5.73 Å². The Hall–Kier alpha value is -2.21. The molecular formula is C13H12N2O3S. The van der Waals surface area contributed by atoms with E-state index in [0.29, 0.717) is 9.79 Å². The van der Waals surface area contributed by atoms with E-state index < -0.39 is 15.7 Å². The van der Waals surface area contributed by atoms with Crippen LogP contribution in [0.3, 0.4) is 0 Å². The van der Waals surface area contributed by atoms with Gasteiger partial charge in [-0.1, -0.05) is 17.7 Å². The van der Waals surface area contributed by atoms with Gasteiger partial charge in [0.15, 0.2) is 0 Å². The summed E-state index contributed by atoms with van der Waals surface area (Å²) in [6, 6.07) is 11.4. The molecule has 0 fully saturated rings. The maximum Gasteiger partial charge on any atom is 0.293 e. The molecule has 0 saturated heterocycles. The third kappa shape index (κ3) is 2.79. The maximum atomic E-state index is 12.3. The monoisotopic (exact) mass is 276 g/mol. The van der Waals surface area contributed by atoms with Gasteiger partial charge >= 0.3 is 0 Å². The number of hydrogen-bond acceptors (Lipinski definition) is 4. The Morgan fingerprint density at radius 3 is 2.26 bits per heavy atom. The van der Waals surface area contributed by atoms with Crippen molar-refractivity contribution in [2.45, 2.75) is 16.7 Å². The Morgan fingerprint density at radius 1 is 1.11 bits per heavy atom. The summed E-state index contributed by atoms with van der Waals surface area (Å²) in [4.78, 5) is 11.2. The highest BCUT2D eigenvalue weighted by atomic mass is 32.2. The Kier molecular flexibility index (Phi) is 3.62. The first-order valence-corrected chi connectivity index (χ1v) is 6.66. The van der Waals surface area contributed by atoms with Crippen molar-refractivity contribution in [2.24, 2.45) is 0 Å². The largest absolute Gasteiger partial charge is 0.393 e. The van der Waals surface area contributed by atoms with Gasteiger partial charge in [-0.2, -0.15) is 0 Å². The number of rotatable bonds is 3. The number of hydrogen-bond donors (Lipinski definition) is 1. The minimum absolute atomic E-state index is 0.0645. The van der Waals surface area contributed by atoms with Gasteiger partial charge in [0.05, 0.1) is 20.6 Å². The van der Waals surface area contributed by atoms with E-state index in [1.54, 1.807) is 12.1 Å². The molecule has 98 valence electrons. The molecule has 2 aromatic rings. The summed E-state index contributed by atoms with van der Waals surface area (Å²) in [5.41, 5.74) is 6.41. The van der Waals surface area contributed by atoms with Crippen LogP contribution in [0.15, 0.2) is 52.3 Å². The van der Waals surface area contributed by atoms with Crippen LogP contribution in [-0.4, -0.2) is 9.13 Å². The number of nitro groups is 1. The highest BCUT2D eigenvalue weighted by molar-refractivity contribution is 7.85. The van der Waals surface area contributed by atoms with Crippen molar-refractivity contribution in [3.8, 4) is 0 Å². The zero-order valence-corrected chi connectivity index (χ0v) is 11.0. The fourth-order valence-corrected chi connectivity index (χ4v) is 2.66. The molecule has 0 aliphatic carbocycles. The topological polar surface area (TPSA) is 86.2 Å². The molecule has 2 rings (SSSR count). The lowest BCUT2D eigenvalue weighted by atomic mass is 10.2. The normalized spacial score (nSPS) is 12.1. The summed E-state index contributed by atoms with van der Waals surface area (Å²) in [6.07, 6.45) is 0.